The van der Waals surface area contributed by atoms with Gasteiger partial charge in [-0.05, 0) is 24.6 Å². The molecule has 0 bridgehead atoms. The minimum Gasteiger partial charge on any atom is -0.385 e. The third kappa shape index (κ3) is 2.22. The Morgan fingerprint density at radius 1 is 1.46 bits per heavy atom. The summed E-state index contributed by atoms with van der Waals surface area (Å²) in [7, 11) is 0. The zero-order chi connectivity index (χ0) is 9.10. The Hall–Kier alpha value is -1.02. The van der Waals surface area contributed by atoms with Crippen LogP contribution >= 0.6 is 0 Å². The maximum absolute atomic E-state index is 3.45. The number of hydrogen-bond acceptors (Lipinski definition) is 2. The quantitative estimate of drug-likeness (QED) is 0.731. The van der Waals surface area contributed by atoms with Gasteiger partial charge in [0.1, 0.15) is 0 Å². The molecule has 2 nitrogen and oxygen atoms in total. The third-order valence-corrected chi connectivity index (χ3v) is 2.48. The molecule has 2 heteroatoms. The fraction of sp³-hybridized carbons (Fsp3) is 0.455. The molecule has 1 saturated heterocycles. The number of nitrogens with one attached hydrogen (secondary N) is 2. The molecule has 2 rings (SSSR count). The number of hydrogen-bond donors (Lipinski definition) is 2. The molecule has 0 aliphatic carbocycles. The predicted octanol–water partition coefficient (Wildman–Crippen LogP) is 1.63. The van der Waals surface area contributed by atoms with E-state index in [9.17, 15) is 0 Å². The SMILES string of the molecule is Cc1cccc(NCC2CNC2)c1. The highest BCUT2D eigenvalue weighted by Gasteiger charge is 2.15. The van der Waals surface area contributed by atoms with Crippen LogP contribution in [0.3, 0.4) is 0 Å². The molecule has 1 heterocycles. The molecule has 1 aliphatic heterocycles. The van der Waals surface area contributed by atoms with Crippen LogP contribution in [-0.2, 0) is 0 Å². The van der Waals surface area contributed by atoms with E-state index in [1.807, 2.05) is 0 Å². The first-order valence-electron chi connectivity index (χ1n) is 4.86. The van der Waals surface area contributed by atoms with Crippen LogP contribution in [0.15, 0.2) is 24.3 Å². The number of anilines is 1. The van der Waals surface area contributed by atoms with Gasteiger partial charge in [0.05, 0.1) is 0 Å². The van der Waals surface area contributed by atoms with Crippen LogP contribution in [0.1, 0.15) is 5.56 Å². The smallest absolute Gasteiger partial charge is 0.0342 e. The van der Waals surface area contributed by atoms with Gasteiger partial charge >= 0.3 is 0 Å². The number of rotatable bonds is 3. The first-order chi connectivity index (χ1) is 6.34. The Balaban J connectivity index is 1.86. The average Bonchev–Trinajstić information content (AvgIpc) is 2.01. The van der Waals surface area contributed by atoms with Gasteiger partial charge in [-0.1, -0.05) is 12.1 Å². The van der Waals surface area contributed by atoms with Gasteiger partial charge in [-0.15, -0.1) is 0 Å². The van der Waals surface area contributed by atoms with Crippen molar-refractivity contribution in [2.24, 2.45) is 5.92 Å². The summed E-state index contributed by atoms with van der Waals surface area (Å²) >= 11 is 0. The maximum Gasteiger partial charge on any atom is 0.0342 e. The van der Waals surface area contributed by atoms with Crippen molar-refractivity contribution in [3.63, 3.8) is 0 Å². The van der Waals surface area contributed by atoms with Gasteiger partial charge in [-0.25, -0.2) is 0 Å². The maximum atomic E-state index is 3.45. The van der Waals surface area contributed by atoms with Crippen molar-refractivity contribution in [3.05, 3.63) is 29.8 Å². The molecule has 13 heavy (non-hydrogen) atoms. The van der Waals surface area contributed by atoms with Crippen molar-refractivity contribution in [2.45, 2.75) is 6.92 Å². The summed E-state index contributed by atoms with van der Waals surface area (Å²) in [5.41, 5.74) is 2.56. The molecule has 1 fully saturated rings. The Bertz CT molecular complexity index is 279. The van der Waals surface area contributed by atoms with Crippen LogP contribution in [0.4, 0.5) is 5.69 Å². The van der Waals surface area contributed by atoms with E-state index in [1.165, 1.54) is 24.3 Å². The second-order valence-electron chi connectivity index (χ2n) is 3.77. The van der Waals surface area contributed by atoms with E-state index in [1.54, 1.807) is 0 Å². The standard InChI is InChI=1S/C11H16N2/c1-9-3-2-4-11(5-9)13-8-10-6-12-7-10/h2-5,10,12-13H,6-8H2,1H3. The fourth-order valence-electron chi connectivity index (χ4n) is 1.51. The van der Waals surface area contributed by atoms with Gasteiger partial charge in [-0.3, -0.25) is 0 Å². The van der Waals surface area contributed by atoms with Crippen molar-refractivity contribution < 1.29 is 0 Å². The van der Waals surface area contributed by atoms with Gasteiger partial charge in [0.2, 0.25) is 0 Å². The normalized spacial score (nSPS) is 16.7. The van der Waals surface area contributed by atoms with Gasteiger partial charge in [0.15, 0.2) is 0 Å². The Morgan fingerprint density at radius 3 is 2.92 bits per heavy atom. The van der Waals surface area contributed by atoms with E-state index >= 15 is 0 Å². The summed E-state index contributed by atoms with van der Waals surface area (Å²) in [4.78, 5) is 0. The van der Waals surface area contributed by atoms with Crippen molar-refractivity contribution in [3.8, 4) is 0 Å². The summed E-state index contributed by atoms with van der Waals surface area (Å²) in [5, 5.41) is 6.72. The molecule has 0 aromatic heterocycles. The van der Waals surface area contributed by atoms with E-state index < -0.39 is 0 Å². The lowest BCUT2D eigenvalue weighted by Gasteiger charge is -2.27. The highest BCUT2D eigenvalue weighted by molar-refractivity contribution is 5.45. The summed E-state index contributed by atoms with van der Waals surface area (Å²) in [5.74, 6) is 0.820. The second-order valence-corrected chi connectivity index (χ2v) is 3.77. The minimum atomic E-state index is 0.820. The minimum absolute atomic E-state index is 0.820. The Labute approximate surface area is 79.4 Å². The molecule has 0 atom stereocenters. The molecule has 1 aromatic carbocycles. The third-order valence-electron chi connectivity index (χ3n) is 2.48. The average molecular weight is 176 g/mol. The van der Waals surface area contributed by atoms with Crippen LogP contribution in [0.2, 0.25) is 0 Å². The summed E-state index contributed by atoms with van der Waals surface area (Å²) in [6, 6.07) is 8.53. The number of aryl methyl sites for hydroxylation is 1. The molecule has 0 saturated carbocycles. The van der Waals surface area contributed by atoms with E-state index in [0.717, 1.165) is 12.5 Å². The molecular formula is C11H16N2. The summed E-state index contributed by atoms with van der Waals surface area (Å²) in [6.45, 7) is 5.55. The molecular weight excluding hydrogens is 160 g/mol. The summed E-state index contributed by atoms with van der Waals surface area (Å²) < 4.78 is 0. The van der Waals surface area contributed by atoms with E-state index in [0.29, 0.717) is 0 Å². The van der Waals surface area contributed by atoms with Crippen molar-refractivity contribution in [2.75, 3.05) is 25.0 Å². The predicted molar refractivity (Wildman–Crippen MR) is 56.0 cm³/mol. The van der Waals surface area contributed by atoms with Crippen LogP contribution < -0.4 is 10.6 Å². The first kappa shape index (κ1) is 8.57. The monoisotopic (exact) mass is 176 g/mol. The Morgan fingerprint density at radius 2 is 2.31 bits per heavy atom. The zero-order valence-electron chi connectivity index (χ0n) is 8.01. The summed E-state index contributed by atoms with van der Waals surface area (Å²) in [6.07, 6.45) is 0. The van der Waals surface area contributed by atoms with Crippen LogP contribution in [0, 0.1) is 12.8 Å². The Kier molecular flexibility index (Phi) is 2.50. The highest BCUT2D eigenvalue weighted by Crippen LogP contribution is 2.11. The van der Waals surface area contributed by atoms with E-state index in [-0.39, 0.29) is 0 Å². The van der Waals surface area contributed by atoms with E-state index in [4.69, 9.17) is 0 Å². The van der Waals surface area contributed by atoms with Crippen molar-refractivity contribution >= 4 is 5.69 Å². The first-order valence-corrected chi connectivity index (χ1v) is 4.86. The van der Waals surface area contributed by atoms with Crippen LogP contribution in [-0.4, -0.2) is 19.6 Å². The lowest BCUT2D eigenvalue weighted by atomic mass is 10.0. The van der Waals surface area contributed by atoms with Gasteiger partial charge in [0.25, 0.3) is 0 Å². The lowest BCUT2D eigenvalue weighted by molar-refractivity contribution is 0.365. The number of benzene rings is 1. The molecule has 70 valence electrons. The highest BCUT2D eigenvalue weighted by atomic mass is 15.0. The molecule has 0 amide bonds. The topological polar surface area (TPSA) is 24.1 Å². The van der Waals surface area contributed by atoms with Crippen LogP contribution in [0.25, 0.3) is 0 Å². The zero-order valence-corrected chi connectivity index (χ0v) is 8.01. The molecule has 2 N–H and O–H groups in total. The lowest BCUT2D eigenvalue weighted by Crippen LogP contribution is -2.45. The van der Waals surface area contributed by atoms with Crippen LogP contribution in [0.5, 0.6) is 0 Å². The van der Waals surface area contributed by atoms with E-state index in [2.05, 4.69) is 41.8 Å². The molecule has 0 spiro atoms. The fourth-order valence-corrected chi connectivity index (χ4v) is 1.51. The van der Waals surface area contributed by atoms with Gasteiger partial charge < -0.3 is 10.6 Å². The van der Waals surface area contributed by atoms with Crippen molar-refractivity contribution in [1.29, 1.82) is 0 Å². The largest absolute Gasteiger partial charge is 0.385 e. The van der Waals surface area contributed by atoms with Crippen molar-refractivity contribution in [1.82, 2.24) is 5.32 Å². The second kappa shape index (κ2) is 3.79. The molecule has 0 unspecified atom stereocenters. The molecule has 0 radical (unpaired) electrons. The molecule has 1 aliphatic rings. The van der Waals surface area contributed by atoms with Gasteiger partial charge in [0, 0.05) is 31.2 Å². The molecule has 1 aromatic rings. The van der Waals surface area contributed by atoms with Gasteiger partial charge in [-0.2, -0.15) is 0 Å².